The van der Waals surface area contributed by atoms with Crippen molar-refractivity contribution in [1.29, 1.82) is 0 Å². The van der Waals surface area contributed by atoms with Crippen LogP contribution in [-0.4, -0.2) is 17.2 Å². The van der Waals surface area contributed by atoms with Crippen molar-refractivity contribution in [3.8, 4) is 10.6 Å². The van der Waals surface area contributed by atoms with Crippen molar-refractivity contribution >= 4 is 22.7 Å². The minimum atomic E-state index is 0.308. The fourth-order valence-electron chi connectivity index (χ4n) is 3.81. The van der Waals surface area contributed by atoms with E-state index in [1.165, 1.54) is 27.5 Å². The van der Waals surface area contributed by atoms with E-state index in [0.29, 0.717) is 18.1 Å². The third kappa shape index (κ3) is 3.52. The lowest BCUT2D eigenvalue weighted by molar-refractivity contribution is 0.638. The molecule has 1 aliphatic rings. The molecule has 0 bridgehead atoms. The van der Waals surface area contributed by atoms with Crippen LogP contribution in [-0.2, 0) is 6.42 Å². The van der Waals surface area contributed by atoms with Crippen LogP contribution in [0.4, 0.5) is 11.4 Å². The van der Waals surface area contributed by atoms with Gasteiger partial charge in [0.05, 0.1) is 23.2 Å². The average Bonchev–Trinajstić information content (AvgIpc) is 3.15. The van der Waals surface area contributed by atoms with Gasteiger partial charge < -0.3 is 10.2 Å². The van der Waals surface area contributed by atoms with E-state index in [-0.39, 0.29) is 0 Å². The first-order chi connectivity index (χ1) is 12.4. The van der Waals surface area contributed by atoms with E-state index < -0.39 is 0 Å². The van der Waals surface area contributed by atoms with Gasteiger partial charge >= 0.3 is 0 Å². The first-order valence-electron chi connectivity index (χ1n) is 9.72. The predicted octanol–water partition coefficient (Wildman–Crippen LogP) is 6.43. The second-order valence-electron chi connectivity index (χ2n) is 7.68. The van der Waals surface area contributed by atoms with Gasteiger partial charge in [0, 0.05) is 16.5 Å². The Morgan fingerprint density at radius 1 is 1.31 bits per heavy atom. The van der Waals surface area contributed by atoms with Crippen molar-refractivity contribution in [1.82, 2.24) is 4.98 Å². The summed E-state index contributed by atoms with van der Waals surface area (Å²) >= 11 is 1.86. The molecule has 26 heavy (non-hydrogen) atoms. The molecule has 1 unspecified atom stereocenters. The van der Waals surface area contributed by atoms with Crippen molar-refractivity contribution in [2.45, 2.75) is 72.0 Å². The van der Waals surface area contributed by atoms with Gasteiger partial charge in [-0.25, -0.2) is 4.98 Å². The number of allylic oxidation sites excluding steroid dienone is 1. The second-order valence-corrected chi connectivity index (χ2v) is 8.77. The van der Waals surface area contributed by atoms with Crippen LogP contribution in [0.15, 0.2) is 30.9 Å². The summed E-state index contributed by atoms with van der Waals surface area (Å²) in [6.07, 6.45) is 5.62. The topological polar surface area (TPSA) is 28.2 Å². The molecule has 0 aliphatic carbocycles. The largest absolute Gasteiger partial charge is 0.363 e. The number of thiazole rings is 1. The van der Waals surface area contributed by atoms with Gasteiger partial charge in [-0.05, 0) is 58.1 Å². The van der Waals surface area contributed by atoms with Crippen LogP contribution in [0.5, 0.6) is 0 Å². The van der Waals surface area contributed by atoms with Crippen LogP contribution in [0.3, 0.4) is 0 Å². The molecule has 3 nitrogen and oxygen atoms in total. The van der Waals surface area contributed by atoms with Gasteiger partial charge in [-0.1, -0.05) is 26.0 Å². The minimum absolute atomic E-state index is 0.308. The number of nitrogens with one attached hydrogen (secondary N) is 1. The number of rotatable bonds is 7. The van der Waals surface area contributed by atoms with Gasteiger partial charge in [0.15, 0.2) is 0 Å². The van der Waals surface area contributed by atoms with Gasteiger partial charge in [0.25, 0.3) is 0 Å². The third-order valence-corrected chi connectivity index (χ3v) is 6.13. The number of hydrogen-bond acceptors (Lipinski definition) is 4. The molecule has 3 rings (SSSR count). The third-order valence-electron chi connectivity index (χ3n) is 4.96. The zero-order valence-corrected chi connectivity index (χ0v) is 17.5. The molecule has 140 valence electrons. The van der Waals surface area contributed by atoms with E-state index in [1.54, 1.807) is 0 Å². The van der Waals surface area contributed by atoms with Crippen LogP contribution in [0.2, 0.25) is 0 Å². The lowest BCUT2D eigenvalue weighted by Gasteiger charge is -2.28. The number of fused-ring (bicyclic) bond motifs is 1. The molecular weight excluding hydrogens is 338 g/mol. The molecule has 1 aromatic carbocycles. The molecule has 0 amide bonds. The van der Waals surface area contributed by atoms with Gasteiger partial charge in [0.1, 0.15) is 5.01 Å². The van der Waals surface area contributed by atoms with E-state index in [0.717, 1.165) is 24.3 Å². The molecule has 0 spiro atoms. The number of benzene rings is 1. The van der Waals surface area contributed by atoms with Crippen molar-refractivity contribution in [3.05, 3.63) is 41.4 Å². The Hall–Kier alpha value is -1.81. The van der Waals surface area contributed by atoms with Gasteiger partial charge in [-0.3, -0.25) is 0 Å². The average molecular weight is 370 g/mol. The fraction of sp³-hybridized carbons (Fsp3) is 0.500. The highest BCUT2D eigenvalue weighted by Crippen LogP contribution is 2.44. The Bertz CT molecular complexity index is 776. The van der Waals surface area contributed by atoms with E-state index in [4.69, 9.17) is 4.98 Å². The quantitative estimate of drug-likeness (QED) is 0.450. The molecule has 1 aromatic heterocycles. The Labute approximate surface area is 162 Å². The lowest BCUT2D eigenvalue weighted by Crippen LogP contribution is -2.38. The Kier molecular flexibility index (Phi) is 5.71. The van der Waals surface area contributed by atoms with Crippen LogP contribution < -0.4 is 10.2 Å². The summed E-state index contributed by atoms with van der Waals surface area (Å²) in [6, 6.07) is 7.05. The van der Waals surface area contributed by atoms with E-state index >= 15 is 0 Å². The fourth-order valence-corrected chi connectivity index (χ4v) is 5.10. The van der Waals surface area contributed by atoms with Gasteiger partial charge in [-0.15, -0.1) is 17.9 Å². The molecule has 1 atom stereocenters. The monoisotopic (exact) mass is 369 g/mol. The molecule has 0 radical (unpaired) electrons. The minimum Gasteiger partial charge on any atom is -0.363 e. The zero-order chi connectivity index (χ0) is 18.8. The summed E-state index contributed by atoms with van der Waals surface area (Å²) in [4.78, 5) is 8.94. The molecule has 0 fully saturated rings. The van der Waals surface area contributed by atoms with Crippen LogP contribution in [0.25, 0.3) is 10.6 Å². The highest BCUT2D eigenvalue weighted by Gasteiger charge is 2.30. The van der Waals surface area contributed by atoms with Crippen LogP contribution in [0.1, 0.15) is 63.9 Å². The molecule has 2 heterocycles. The lowest BCUT2D eigenvalue weighted by atomic mass is 10.1. The summed E-state index contributed by atoms with van der Waals surface area (Å²) < 4.78 is 0. The molecule has 4 heteroatoms. The number of nitrogens with zero attached hydrogens (tertiary/aromatic N) is 2. The molecule has 2 aromatic rings. The molecule has 0 saturated carbocycles. The van der Waals surface area contributed by atoms with Crippen LogP contribution in [0, 0.1) is 0 Å². The SMILES string of the molecule is C=CCCCc1sc(-c2cccc3c2NC(C)N3C(C)C)nc1C(C)C. The number of anilines is 2. The standard InChI is InChI=1S/C22H31N3S/c1-7-8-9-13-19-20(14(2)3)24-22(26-19)17-11-10-12-18-21(17)23-16(6)25(18)15(4)5/h7,10-12,14-16,23H,1,8-9,13H2,2-6H3. The summed E-state index contributed by atoms with van der Waals surface area (Å²) in [7, 11) is 0. The Balaban J connectivity index is 2.00. The molecule has 1 aliphatic heterocycles. The maximum atomic E-state index is 5.07. The zero-order valence-electron chi connectivity index (χ0n) is 16.7. The highest BCUT2D eigenvalue weighted by atomic mass is 32.1. The molecule has 0 saturated heterocycles. The Morgan fingerprint density at radius 2 is 2.08 bits per heavy atom. The number of aromatic nitrogens is 1. The van der Waals surface area contributed by atoms with E-state index in [1.807, 2.05) is 17.4 Å². The Morgan fingerprint density at radius 3 is 2.73 bits per heavy atom. The molecule has 1 N–H and O–H groups in total. The van der Waals surface area contributed by atoms with E-state index in [9.17, 15) is 0 Å². The summed E-state index contributed by atoms with van der Waals surface area (Å²) in [5, 5.41) is 4.83. The highest BCUT2D eigenvalue weighted by molar-refractivity contribution is 7.15. The summed E-state index contributed by atoms with van der Waals surface area (Å²) in [5.74, 6) is 0.453. The smallest absolute Gasteiger partial charge is 0.126 e. The van der Waals surface area contributed by atoms with Crippen LogP contribution >= 0.6 is 11.3 Å². The first kappa shape index (κ1) is 19.0. The number of aryl methyl sites for hydroxylation is 1. The number of para-hydroxylation sites is 1. The molecular formula is C22H31N3S. The normalized spacial score (nSPS) is 16.3. The van der Waals surface area contributed by atoms with Crippen molar-refractivity contribution in [3.63, 3.8) is 0 Å². The number of hydrogen-bond donors (Lipinski definition) is 1. The predicted molar refractivity (Wildman–Crippen MR) is 115 cm³/mol. The number of unbranched alkanes of at least 4 members (excludes halogenated alkanes) is 1. The first-order valence-corrected chi connectivity index (χ1v) is 10.5. The van der Waals surface area contributed by atoms with E-state index in [2.05, 4.69) is 69.6 Å². The van der Waals surface area contributed by atoms with Crippen molar-refractivity contribution < 1.29 is 0 Å². The maximum absolute atomic E-state index is 5.07. The van der Waals surface area contributed by atoms with Crippen molar-refractivity contribution in [2.75, 3.05) is 10.2 Å². The van der Waals surface area contributed by atoms with Crippen molar-refractivity contribution in [2.24, 2.45) is 0 Å². The summed E-state index contributed by atoms with van der Waals surface area (Å²) in [6.45, 7) is 15.1. The van der Waals surface area contributed by atoms with Gasteiger partial charge in [0.2, 0.25) is 0 Å². The summed E-state index contributed by atoms with van der Waals surface area (Å²) in [5.41, 5.74) is 5.02. The maximum Gasteiger partial charge on any atom is 0.126 e. The second kappa shape index (κ2) is 7.83. The van der Waals surface area contributed by atoms with Gasteiger partial charge in [-0.2, -0.15) is 0 Å².